The lowest BCUT2D eigenvalue weighted by atomic mass is 10.2. The van der Waals surface area contributed by atoms with E-state index in [0.29, 0.717) is 18.1 Å². The standard InChI is InChI=1S/C25H28N2O5S/c1-4-32-21-9-7-8-20(16-21)17-26-25(28)18-27(23-10-5-6-11-24(23)31-3)33(29,30)22-14-12-19(2)13-15-22/h5-16H,4,17-18H2,1-3H3,(H,26,28). The largest absolute Gasteiger partial charge is 0.495 e. The fourth-order valence-corrected chi connectivity index (χ4v) is 4.70. The van der Waals surface area contributed by atoms with E-state index in [-0.39, 0.29) is 17.1 Å². The van der Waals surface area contributed by atoms with Crippen molar-refractivity contribution in [1.29, 1.82) is 0 Å². The molecule has 0 aliphatic rings. The van der Waals surface area contributed by atoms with Gasteiger partial charge in [0, 0.05) is 6.54 Å². The molecule has 7 nitrogen and oxygen atoms in total. The van der Waals surface area contributed by atoms with Crippen LogP contribution in [0.1, 0.15) is 18.1 Å². The average Bonchev–Trinajstić information content (AvgIpc) is 2.82. The molecular formula is C25H28N2O5S. The molecule has 0 radical (unpaired) electrons. The zero-order chi connectivity index (χ0) is 23.8. The third-order valence-corrected chi connectivity index (χ3v) is 6.72. The third-order valence-electron chi connectivity index (χ3n) is 4.95. The number of sulfonamides is 1. The Balaban J connectivity index is 1.86. The Morgan fingerprint density at radius 2 is 1.73 bits per heavy atom. The van der Waals surface area contributed by atoms with E-state index in [1.807, 2.05) is 38.1 Å². The van der Waals surface area contributed by atoms with Gasteiger partial charge in [0.05, 0.1) is 24.3 Å². The van der Waals surface area contributed by atoms with Crippen molar-refractivity contribution < 1.29 is 22.7 Å². The summed E-state index contributed by atoms with van der Waals surface area (Å²) in [7, 11) is -2.56. The Kier molecular flexibility index (Phi) is 7.95. The average molecular weight is 469 g/mol. The highest BCUT2D eigenvalue weighted by molar-refractivity contribution is 7.92. The van der Waals surface area contributed by atoms with Crippen molar-refractivity contribution in [3.05, 3.63) is 83.9 Å². The topological polar surface area (TPSA) is 84.9 Å². The number of methoxy groups -OCH3 is 1. The number of nitrogens with one attached hydrogen (secondary N) is 1. The molecule has 8 heteroatoms. The van der Waals surface area contributed by atoms with Gasteiger partial charge in [0.2, 0.25) is 5.91 Å². The highest BCUT2D eigenvalue weighted by atomic mass is 32.2. The molecular weight excluding hydrogens is 440 g/mol. The van der Waals surface area contributed by atoms with Gasteiger partial charge in [-0.2, -0.15) is 0 Å². The number of hydrogen-bond acceptors (Lipinski definition) is 5. The minimum atomic E-state index is -4.02. The van der Waals surface area contributed by atoms with Crippen LogP contribution in [0.25, 0.3) is 0 Å². The van der Waals surface area contributed by atoms with Crippen molar-refractivity contribution in [2.75, 3.05) is 24.6 Å². The smallest absolute Gasteiger partial charge is 0.264 e. The number of hydrogen-bond donors (Lipinski definition) is 1. The summed E-state index contributed by atoms with van der Waals surface area (Å²) in [6.07, 6.45) is 0. The number of carbonyl (C=O) groups is 1. The van der Waals surface area contributed by atoms with Gasteiger partial charge in [-0.25, -0.2) is 8.42 Å². The van der Waals surface area contributed by atoms with E-state index in [4.69, 9.17) is 9.47 Å². The Bertz CT molecular complexity index is 1190. The molecule has 0 unspecified atom stereocenters. The maximum atomic E-state index is 13.5. The van der Waals surface area contributed by atoms with Gasteiger partial charge in [0.25, 0.3) is 10.0 Å². The van der Waals surface area contributed by atoms with Crippen LogP contribution in [0.5, 0.6) is 11.5 Å². The number of para-hydroxylation sites is 2. The molecule has 0 heterocycles. The van der Waals surface area contributed by atoms with E-state index >= 15 is 0 Å². The van der Waals surface area contributed by atoms with Crippen molar-refractivity contribution >= 4 is 21.6 Å². The molecule has 0 aliphatic carbocycles. The molecule has 0 saturated carbocycles. The maximum Gasteiger partial charge on any atom is 0.264 e. The van der Waals surface area contributed by atoms with E-state index < -0.39 is 22.5 Å². The molecule has 174 valence electrons. The molecule has 0 bridgehead atoms. The van der Waals surface area contributed by atoms with E-state index in [0.717, 1.165) is 15.4 Å². The van der Waals surface area contributed by atoms with Crippen LogP contribution >= 0.6 is 0 Å². The molecule has 1 amide bonds. The van der Waals surface area contributed by atoms with Gasteiger partial charge < -0.3 is 14.8 Å². The molecule has 0 fully saturated rings. The molecule has 33 heavy (non-hydrogen) atoms. The van der Waals surface area contributed by atoms with Gasteiger partial charge in [-0.05, 0) is 55.8 Å². The summed E-state index contributed by atoms with van der Waals surface area (Å²) in [4.78, 5) is 12.9. The van der Waals surface area contributed by atoms with Crippen LogP contribution in [0.3, 0.4) is 0 Å². The normalized spacial score (nSPS) is 11.0. The lowest BCUT2D eigenvalue weighted by Crippen LogP contribution is -2.40. The number of ether oxygens (including phenoxy) is 2. The Morgan fingerprint density at radius 1 is 1.00 bits per heavy atom. The molecule has 0 aliphatic heterocycles. The third kappa shape index (κ3) is 6.04. The van der Waals surface area contributed by atoms with Gasteiger partial charge in [-0.15, -0.1) is 0 Å². The van der Waals surface area contributed by atoms with Gasteiger partial charge >= 0.3 is 0 Å². The summed E-state index contributed by atoms with van der Waals surface area (Å²) in [5.74, 6) is 0.616. The van der Waals surface area contributed by atoms with E-state index in [9.17, 15) is 13.2 Å². The first-order valence-electron chi connectivity index (χ1n) is 10.6. The van der Waals surface area contributed by atoms with E-state index in [1.54, 1.807) is 36.4 Å². The second kappa shape index (κ2) is 10.9. The van der Waals surface area contributed by atoms with Crippen molar-refractivity contribution in [2.24, 2.45) is 0 Å². The number of benzene rings is 3. The van der Waals surface area contributed by atoms with Gasteiger partial charge in [-0.3, -0.25) is 9.10 Å². The fourth-order valence-electron chi connectivity index (χ4n) is 3.27. The van der Waals surface area contributed by atoms with E-state index in [1.165, 1.54) is 19.2 Å². The lowest BCUT2D eigenvalue weighted by Gasteiger charge is -2.25. The fraction of sp³-hybridized carbons (Fsp3) is 0.240. The first-order valence-corrected chi connectivity index (χ1v) is 12.0. The first kappa shape index (κ1) is 24.1. The predicted molar refractivity (Wildman–Crippen MR) is 128 cm³/mol. The van der Waals surface area contributed by atoms with Crippen LogP contribution < -0.4 is 19.1 Å². The minimum absolute atomic E-state index is 0.0937. The highest BCUT2D eigenvalue weighted by Crippen LogP contribution is 2.32. The number of amides is 1. The van der Waals surface area contributed by atoms with Crippen LogP contribution in [-0.2, 0) is 21.4 Å². The number of anilines is 1. The molecule has 3 rings (SSSR count). The Hall–Kier alpha value is -3.52. The van der Waals surface area contributed by atoms with Crippen LogP contribution in [0.15, 0.2) is 77.7 Å². The SMILES string of the molecule is CCOc1cccc(CNC(=O)CN(c2ccccc2OC)S(=O)(=O)c2ccc(C)cc2)c1. The maximum absolute atomic E-state index is 13.5. The summed E-state index contributed by atoms with van der Waals surface area (Å²) >= 11 is 0. The summed E-state index contributed by atoms with van der Waals surface area (Å²) < 4.78 is 39.0. The second-order valence-corrected chi connectivity index (χ2v) is 9.22. The van der Waals surface area contributed by atoms with Crippen LogP contribution in [-0.4, -0.2) is 34.6 Å². The van der Waals surface area contributed by atoms with Crippen molar-refractivity contribution in [3.63, 3.8) is 0 Å². The second-order valence-electron chi connectivity index (χ2n) is 7.35. The Morgan fingerprint density at radius 3 is 2.42 bits per heavy atom. The summed E-state index contributed by atoms with van der Waals surface area (Å²) in [6, 6.07) is 20.6. The van der Waals surface area contributed by atoms with E-state index in [2.05, 4.69) is 5.32 Å². The highest BCUT2D eigenvalue weighted by Gasteiger charge is 2.29. The van der Waals surface area contributed by atoms with Crippen LogP contribution in [0, 0.1) is 6.92 Å². The van der Waals surface area contributed by atoms with Crippen molar-refractivity contribution in [3.8, 4) is 11.5 Å². The summed E-state index contributed by atoms with van der Waals surface area (Å²) in [6.45, 7) is 4.16. The molecule has 0 atom stereocenters. The number of carbonyl (C=O) groups excluding carboxylic acids is 1. The zero-order valence-corrected chi connectivity index (χ0v) is 19.8. The van der Waals surface area contributed by atoms with Gasteiger partial charge in [-0.1, -0.05) is 42.0 Å². The van der Waals surface area contributed by atoms with Gasteiger partial charge in [0.1, 0.15) is 18.0 Å². The van der Waals surface area contributed by atoms with Gasteiger partial charge in [0.15, 0.2) is 0 Å². The lowest BCUT2D eigenvalue weighted by molar-refractivity contribution is -0.119. The van der Waals surface area contributed by atoms with Crippen molar-refractivity contribution in [2.45, 2.75) is 25.3 Å². The molecule has 0 spiro atoms. The van der Waals surface area contributed by atoms with Crippen LogP contribution in [0.2, 0.25) is 0 Å². The summed E-state index contributed by atoms with van der Waals surface area (Å²) in [5.41, 5.74) is 2.07. The monoisotopic (exact) mass is 468 g/mol. The molecule has 0 aromatic heterocycles. The first-order chi connectivity index (χ1) is 15.8. The minimum Gasteiger partial charge on any atom is -0.495 e. The number of rotatable bonds is 10. The molecule has 1 N–H and O–H groups in total. The molecule has 3 aromatic carbocycles. The quantitative estimate of drug-likeness (QED) is 0.488. The molecule has 0 saturated heterocycles. The Labute approximate surface area is 195 Å². The number of nitrogens with zero attached hydrogens (tertiary/aromatic N) is 1. The number of aryl methyl sites for hydroxylation is 1. The molecule has 3 aromatic rings. The van der Waals surface area contributed by atoms with Crippen molar-refractivity contribution in [1.82, 2.24) is 5.32 Å². The summed E-state index contributed by atoms with van der Waals surface area (Å²) in [5, 5.41) is 2.80. The zero-order valence-electron chi connectivity index (χ0n) is 18.9. The van der Waals surface area contributed by atoms with Crippen LogP contribution in [0.4, 0.5) is 5.69 Å². The predicted octanol–water partition coefficient (Wildman–Crippen LogP) is 3.91.